The third kappa shape index (κ3) is 3.93. The van der Waals surface area contributed by atoms with Crippen molar-refractivity contribution in [1.82, 2.24) is 5.32 Å². The van der Waals surface area contributed by atoms with Crippen LogP contribution in [0.2, 0.25) is 0 Å². The molecule has 14 heavy (non-hydrogen) atoms. The Morgan fingerprint density at radius 1 is 1.29 bits per heavy atom. The number of hydrogen-bond donors (Lipinski definition) is 1. The van der Waals surface area contributed by atoms with Crippen LogP contribution in [0.3, 0.4) is 0 Å². The summed E-state index contributed by atoms with van der Waals surface area (Å²) in [6.45, 7) is 7.17. The molecule has 1 heteroatoms. The van der Waals surface area contributed by atoms with Crippen LogP contribution in [0, 0.1) is 6.92 Å². The lowest BCUT2D eigenvalue weighted by Gasteiger charge is -2.03. The molecule has 0 saturated heterocycles. The molecule has 1 saturated carbocycles. The molecule has 0 aliphatic heterocycles. The summed E-state index contributed by atoms with van der Waals surface area (Å²) >= 11 is 0. The summed E-state index contributed by atoms with van der Waals surface area (Å²) in [5, 5.41) is 3.50. The van der Waals surface area contributed by atoms with Gasteiger partial charge in [-0.1, -0.05) is 43.7 Å². The van der Waals surface area contributed by atoms with Gasteiger partial charge in [0.25, 0.3) is 0 Å². The maximum atomic E-state index is 3.50. The summed E-state index contributed by atoms with van der Waals surface area (Å²) in [7, 11) is 0. The van der Waals surface area contributed by atoms with Crippen molar-refractivity contribution in [3.63, 3.8) is 0 Å². The fraction of sp³-hybridized carbons (Fsp3) is 0.538. The zero-order valence-electron chi connectivity index (χ0n) is 9.51. The van der Waals surface area contributed by atoms with E-state index in [1.54, 1.807) is 0 Å². The number of nitrogens with one attached hydrogen (secondary N) is 1. The largest absolute Gasteiger partial charge is 0.310 e. The molecule has 0 heterocycles. The van der Waals surface area contributed by atoms with Gasteiger partial charge in [0.1, 0.15) is 0 Å². The molecule has 78 valence electrons. The lowest BCUT2D eigenvalue weighted by molar-refractivity contribution is 0.687. The van der Waals surface area contributed by atoms with E-state index in [9.17, 15) is 0 Å². The maximum absolute atomic E-state index is 3.50. The molecule has 0 atom stereocenters. The van der Waals surface area contributed by atoms with Crippen LogP contribution in [-0.4, -0.2) is 6.04 Å². The first kappa shape index (κ1) is 11.3. The van der Waals surface area contributed by atoms with Crippen molar-refractivity contribution < 1.29 is 0 Å². The van der Waals surface area contributed by atoms with E-state index >= 15 is 0 Å². The molecular formula is C13H21N. The maximum Gasteiger partial charge on any atom is 0.0208 e. The second kappa shape index (κ2) is 5.82. The van der Waals surface area contributed by atoms with E-state index in [2.05, 4.69) is 36.5 Å². The molecule has 1 nitrogen and oxygen atoms in total. The first-order valence-corrected chi connectivity index (χ1v) is 5.63. The minimum absolute atomic E-state index is 0.811. The summed E-state index contributed by atoms with van der Waals surface area (Å²) in [5.74, 6) is 0. The van der Waals surface area contributed by atoms with Gasteiger partial charge in [-0.3, -0.25) is 0 Å². The van der Waals surface area contributed by atoms with Crippen molar-refractivity contribution in [3.05, 3.63) is 35.4 Å². The van der Waals surface area contributed by atoms with E-state index in [-0.39, 0.29) is 0 Å². The zero-order valence-corrected chi connectivity index (χ0v) is 9.51. The Kier molecular flexibility index (Phi) is 4.68. The van der Waals surface area contributed by atoms with Gasteiger partial charge in [-0.2, -0.15) is 0 Å². The zero-order chi connectivity index (χ0) is 10.4. The highest BCUT2D eigenvalue weighted by Crippen LogP contribution is 2.19. The van der Waals surface area contributed by atoms with E-state index in [1.165, 1.54) is 24.0 Å². The number of hydrogen-bond acceptors (Lipinski definition) is 1. The quantitative estimate of drug-likeness (QED) is 0.773. The van der Waals surface area contributed by atoms with E-state index in [0.29, 0.717) is 0 Å². The van der Waals surface area contributed by atoms with Crippen molar-refractivity contribution in [1.29, 1.82) is 0 Å². The van der Waals surface area contributed by atoms with Crippen molar-refractivity contribution in [2.24, 2.45) is 0 Å². The fourth-order valence-electron chi connectivity index (χ4n) is 1.37. The summed E-state index contributed by atoms with van der Waals surface area (Å²) in [4.78, 5) is 0. The second-order valence-corrected chi connectivity index (χ2v) is 3.64. The van der Waals surface area contributed by atoms with Crippen LogP contribution in [0.15, 0.2) is 24.3 Å². The highest BCUT2D eigenvalue weighted by atomic mass is 14.9. The van der Waals surface area contributed by atoms with Gasteiger partial charge in [-0.05, 0) is 25.3 Å². The Bertz CT molecular complexity index is 264. The highest BCUT2D eigenvalue weighted by molar-refractivity contribution is 5.22. The van der Waals surface area contributed by atoms with Crippen LogP contribution in [-0.2, 0) is 6.54 Å². The van der Waals surface area contributed by atoms with Crippen LogP contribution >= 0.6 is 0 Å². The van der Waals surface area contributed by atoms with Gasteiger partial charge in [0.05, 0.1) is 0 Å². The van der Waals surface area contributed by atoms with Crippen molar-refractivity contribution >= 4 is 0 Å². The van der Waals surface area contributed by atoms with Crippen LogP contribution in [0.25, 0.3) is 0 Å². The first-order valence-electron chi connectivity index (χ1n) is 5.63. The number of rotatable bonds is 3. The van der Waals surface area contributed by atoms with E-state index in [1.807, 2.05) is 13.8 Å². The molecule has 0 aromatic heterocycles. The molecule has 1 aliphatic carbocycles. The molecule has 0 spiro atoms. The Morgan fingerprint density at radius 3 is 2.57 bits per heavy atom. The smallest absolute Gasteiger partial charge is 0.0208 e. The van der Waals surface area contributed by atoms with Gasteiger partial charge in [-0.25, -0.2) is 0 Å². The van der Waals surface area contributed by atoms with Gasteiger partial charge in [0.2, 0.25) is 0 Å². The van der Waals surface area contributed by atoms with E-state index < -0.39 is 0 Å². The van der Waals surface area contributed by atoms with Crippen molar-refractivity contribution in [3.8, 4) is 0 Å². The van der Waals surface area contributed by atoms with Crippen LogP contribution in [0.5, 0.6) is 0 Å². The average molecular weight is 191 g/mol. The topological polar surface area (TPSA) is 12.0 Å². The molecule has 1 aromatic rings. The highest BCUT2D eigenvalue weighted by Gasteiger charge is 2.19. The standard InChI is InChI=1S/C11H15N.C2H6/c1-9-3-2-4-10(7-9)8-12-11-5-6-11;1-2/h2-4,7,11-12H,5-6,8H2,1H3;1-2H3. The van der Waals surface area contributed by atoms with Gasteiger partial charge >= 0.3 is 0 Å². The first-order chi connectivity index (χ1) is 6.84. The average Bonchev–Trinajstić information content (AvgIpc) is 3.02. The SMILES string of the molecule is CC.Cc1cccc(CNC2CC2)c1. The molecule has 0 unspecified atom stereocenters. The number of aryl methyl sites for hydroxylation is 1. The number of benzene rings is 1. The third-order valence-corrected chi connectivity index (χ3v) is 2.25. The second-order valence-electron chi connectivity index (χ2n) is 3.64. The minimum Gasteiger partial charge on any atom is -0.310 e. The monoisotopic (exact) mass is 191 g/mol. The Balaban J connectivity index is 0.000000461. The molecule has 1 fully saturated rings. The molecule has 2 rings (SSSR count). The Labute approximate surface area is 87.5 Å². The fourth-order valence-corrected chi connectivity index (χ4v) is 1.37. The molecule has 1 N–H and O–H groups in total. The lowest BCUT2D eigenvalue weighted by atomic mass is 10.1. The summed E-state index contributed by atoms with van der Waals surface area (Å²) in [6.07, 6.45) is 2.73. The summed E-state index contributed by atoms with van der Waals surface area (Å²) < 4.78 is 0. The van der Waals surface area contributed by atoms with Gasteiger partial charge < -0.3 is 5.32 Å². The van der Waals surface area contributed by atoms with E-state index in [4.69, 9.17) is 0 Å². The molecule has 0 bridgehead atoms. The summed E-state index contributed by atoms with van der Waals surface area (Å²) in [5.41, 5.74) is 2.76. The predicted molar refractivity (Wildman–Crippen MR) is 62.4 cm³/mol. The molecule has 1 aliphatic rings. The van der Waals surface area contributed by atoms with Gasteiger partial charge in [0, 0.05) is 12.6 Å². The summed E-state index contributed by atoms with van der Waals surface area (Å²) in [6, 6.07) is 9.50. The van der Waals surface area contributed by atoms with E-state index in [0.717, 1.165) is 12.6 Å². The van der Waals surface area contributed by atoms with Gasteiger partial charge in [0.15, 0.2) is 0 Å². The Hall–Kier alpha value is -0.820. The molecule has 0 amide bonds. The van der Waals surface area contributed by atoms with Gasteiger partial charge in [-0.15, -0.1) is 0 Å². The predicted octanol–water partition coefficient (Wildman–Crippen LogP) is 3.27. The van der Waals surface area contributed by atoms with Crippen LogP contribution in [0.4, 0.5) is 0 Å². The molecular weight excluding hydrogens is 170 g/mol. The molecule has 1 aromatic carbocycles. The minimum atomic E-state index is 0.811. The van der Waals surface area contributed by atoms with Crippen molar-refractivity contribution in [2.45, 2.75) is 46.2 Å². The normalized spacial score (nSPS) is 14.5. The lowest BCUT2D eigenvalue weighted by Crippen LogP contribution is -2.15. The van der Waals surface area contributed by atoms with Crippen LogP contribution in [0.1, 0.15) is 37.8 Å². The molecule has 0 radical (unpaired) electrons. The Morgan fingerprint density at radius 2 is 2.00 bits per heavy atom. The van der Waals surface area contributed by atoms with Crippen molar-refractivity contribution in [2.75, 3.05) is 0 Å². The van der Waals surface area contributed by atoms with Crippen LogP contribution < -0.4 is 5.32 Å². The third-order valence-electron chi connectivity index (χ3n) is 2.25.